The Morgan fingerprint density at radius 2 is 2.10 bits per heavy atom. The van der Waals surface area contributed by atoms with Gasteiger partial charge < -0.3 is 15.8 Å². The molecule has 0 saturated heterocycles. The molecule has 0 aliphatic heterocycles. The largest absolute Gasteiger partial charge is 0.478 e. The highest BCUT2D eigenvalue weighted by Crippen LogP contribution is 2.23. The summed E-state index contributed by atoms with van der Waals surface area (Å²) in [6, 6.07) is 9.56. The van der Waals surface area contributed by atoms with Crippen LogP contribution in [0.3, 0.4) is 0 Å². The highest BCUT2D eigenvalue weighted by Gasteiger charge is 2.08. The topological polar surface area (TPSA) is 73.1 Å². The van der Waals surface area contributed by atoms with E-state index in [4.69, 9.17) is 10.5 Å². The van der Waals surface area contributed by atoms with Crippen LogP contribution < -0.4 is 15.8 Å². The van der Waals surface area contributed by atoms with Gasteiger partial charge in [-0.3, -0.25) is 0 Å². The molecule has 0 aliphatic carbocycles. The average molecular weight is 272 g/mol. The zero-order valence-corrected chi connectivity index (χ0v) is 11.8. The standard InChI is InChI=1S/C15H20N4O/c1-3-10-20-14-8-9-17-15(19-14)18-13-7-5-4-6-12(13)11(2)16/h4-9,11H,3,10,16H2,1-2H3,(H,17,18,19). The molecule has 106 valence electrons. The lowest BCUT2D eigenvalue weighted by atomic mass is 10.1. The first kappa shape index (κ1) is 14.3. The lowest BCUT2D eigenvalue weighted by molar-refractivity contribution is 0.305. The zero-order valence-electron chi connectivity index (χ0n) is 11.8. The van der Waals surface area contributed by atoms with Gasteiger partial charge in [0.1, 0.15) is 0 Å². The molecule has 1 heterocycles. The molecule has 1 unspecified atom stereocenters. The van der Waals surface area contributed by atoms with Gasteiger partial charge in [-0.1, -0.05) is 25.1 Å². The van der Waals surface area contributed by atoms with E-state index in [1.54, 1.807) is 12.3 Å². The fourth-order valence-electron chi connectivity index (χ4n) is 1.82. The van der Waals surface area contributed by atoms with Gasteiger partial charge in [0.05, 0.1) is 6.61 Å². The summed E-state index contributed by atoms with van der Waals surface area (Å²) >= 11 is 0. The van der Waals surface area contributed by atoms with Crippen LogP contribution in [0.2, 0.25) is 0 Å². The number of hydrogen-bond acceptors (Lipinski definition) is 5. The monoisotopic (exact) mass is 272 g/mol. The average Bonchev–Trinajstić information content (AvgIpc) is 2.46. The first-order chi connectivity index (χ1) is 9.70. The summed E-state index contributed by atoms with van der Waals surface area (Å²) in [5, 5.41) is 3.19. The highest BCUT2D eigenvalue weighted by molar-refractivity contribution is 5.59. The molecule has 0 bridgehead atoms. The predicted molar refractivity (Wildman–Crippen MR) is 80.1 cm³/mol. The minimum Gasteiger partial charge on any atom is -0.478 e. The molecule has 1 atom stereocenters. The third-order valence-corrected chi connectivity index (χ3v) is 2.78. The molecule has 2 aromatic rings. The van der Waals surface area contributed by atoms with Crippen LogP contribution in [0.15, 0.2) is 36.5 Å². The van der Waals surface area contributed by atoms with Crippen molar-refractivity contribution in [3.8, 4) is 5.88 Å². The van der Waals surface area contributed by atoms with Crippen molar-refractivity contribution in [1.82, 2.24) is 9.97 Å². The summed E-state index contributed by atoms with van der Waals surface area (Å²) in [4.78, 5) is 8.52. The normalized spacial score (nSPS) is 11.9. The Labute approximate surface area is 119 Å². The Morgan fingerprint density at radius 3 is 2.85 bits per heavy atom. The Hall–Kier alpha value is -2.14. The summed E-state index contributed by atoms with van der Waals surface area (Å²) in [5.74, 6) is 1.08. The Balaban J connectivity index is 2.17. The van der Waals surface area contributed by atoms with Gasteiger partial charge in [0.25, 0.3) is 0 Å². The number of hydrogen-bond donors (Lipinski definition) is 2. The van der Waals surface area contributed by atoms with Crippen molar-refractivity contribution in [1.29, 1.82) is 0 Å². The minimum absolute atomic E-state index is 0.0572. The van der Waals surface area contributed by atoms with Crippen LogP contribution >= 0.6 is 0 Å². The number of rotatable bonds is 6. The lowest BCUT2D eigenvalue weighted by Crippen LogP contribution is -2.09. The zero-order chi connectivity index (χ0) is 14.4. The van der Waals surface area contributed by atoms with Crippen LogP contribution in [-0.4, -0.2) is 16.6 Å². The number of para-hydroxylation sites is 1. The molecule has 0 radical (unpaired) electrons. The second kappa shape index (κ2) is 6.86. The van der Waals surface area contributed by atoms with Gasteiger partial charge >= 0.3 is 0 Å². The Morgan fingerprint density at radius 1 is 1.30 bits per heavy atom. The van der Waals surface area contributed by atoms with Gasteiger partial charge in [-0.2, -0.15) is 4.98 Å². The van der Waals surface area contributed by atoms with Gasteiger partial charge in [0.2, 0.25) is 11.8 Å². The molecule has 20 heavy (non-hydrogen) atoms. The van der Waals surface area contributed by atoms with E-state index in [0.717, 1.165) is 17.7 Å². The summed E-state index contributed by atoms with van der Waals surface area (Å²) < 4.78 is 5.50. The van der Waals surface area contributed by atoms with Gasteiger partial charge in [-0.25, -0.2) is 4.98 Å². The van der Waals surface area contributed by atoms with Crippen LogP contribution in [0.5, 0.6) is 5.88 Å². The number of nitrogens with one attached hydrogen (secondary N) is 1. The molecule has 0 saturated carbocycles. The van der Waals surface area contributed by atoms with E-state index >= 15 is 0 Å². The number of ether oxygens (including phenoxy) is 1. The SMILES string of the molecule is CCCOc1ccnc(Nc2ccccc2C(C)N)n1. The first-order valence-electron chi connectivity index (χ1n) is 6.78. The van der Waals surface area contributed by atoms with Crippen LogP contribution in [0.4, 0.5) is 11.6 Å². The molecule has 2 rings (SSSR count). The number of anilines is 2. The molecule has 0 spiro atoms. The summed E-state index contributed by atoms with van der Waals surface area (Å²) in [7, 11) is 0. The summed E-state index contributed by atoms with van der Waals surface area (Å²) in [6.07, 6.45) is 2.62. The molecule has 5 heteroatoms. The molecule has 1 aromatic carbocycles. The van der Waals surface area contributed by atoms with Crippen molar-refractivity contribution in [2.75, 3.05) is 11.9 Å². The van der Waals surface area contributed by atoms with Crippen LogP contribution in [0.1, 0.15) is 31.9 Å². The lowest BCUT2D eigenvalue weighted by Gasteiger charge is -2.13. The van der Waals surface area contributed by atoms with E-state index in [9.17, 15) is 0 Å². The van der Waals surface area contributed by atoms with E-state index in [1.165, 1.54) is 0 Å². The van der Waals surface area contributed by atoms with E-state index in [0.29, 0.717) is 18.4 Å². The predicted octanol–water partition coefficient (Wildman–Crippen LogP) is 3.03. The summed E-state index contributed by atoms with van der Waals surface area (Å²) in [6.45, 7) is 4.65. The van der Waals surface area contributed by atoms with Gasteiger partial charge in [0, 0.05) is 24.0 Å². The maximum absolute atomic E-state index is 5.96. The van der Waals surface area contributed by atoms with Crippen molar-refractivity contribution in [2.24, 2.45) is 5.73 Å². The smallest absolute Gasteiger partial charge is 0.230 e. The molecule has 1 aromatic heterocycles. The van der Waals surface area contributed by atoms with Crippen LogP contribution in [0.25, 0.3) is 0 Å². The second-order valence-corrected chi connectivity index (χ2v) is 4.57. The van der Waals surface area contributed by atoms with Gasteiger partial charge in [0.15, 0.2) is 0 Å². The van der Waals surface area contributed by atoms with E-state index < -0.39 is 0 Å². The van der Waals surface area contributed by atoms with Gasteiger partial charge in [-0.05, 0) is 25.0 Å². The van der Waals surface area contributed by atoms with E-state index in [-0.39, 0.29) is 6.04 Å². The fraction of sp³-hybridized carbons (Fsp3) is 0.333. The Kier molecular flexibility index (Phi) is 4.90. The van der Waals surface area contributed by atoms with Crippen LogP contribution in [0, 0.1) is 0 Å². The second-order valence-electron chi connectivity index (χ2n) is 4.57. The van der Waals surface area contributed by atoms with Crippen molar-refractivity contribution in [3.05, 3.63) is 42.1 Å². The van der Waals surface area contributed by atoms with Gasteiger partial charge in [-0.15, -0.1) is 0 Å². The molecule has 0 fully saturated rings. The third-order valence-electron chi connectivity index (χ3n) is 2.78. The van der Waals surface area contributed by atoms with E-state index in [1.807, 2.05) is 31.2 Å². The maximum Gasteiger partial charge on any atom is 0.230 e. The molecule has 3 N–H and O–H groups in total. The Bertz CT molecular complexity index is 557. The van der Waals surface area contributed by atoms with Crippen molar-refractivity contribution < 1.29 is 4.74 Å². The highest BCUT2D eigenvalue weighted by atomic mass is 16.5. The van der Waals surface area contributed by atoms with Crippen molar-refractivity contribution in [3.63, 3.8) is 0 Å². The van der Waals surface area contributed by atoms with E-state index in [2.05, 4.69) is 22.2 Å². The third kappa shape index (κ3) is 3.68. The molecular weight excluding hydrogens is 252 g/mol. The van der Waals surface area contributed by atoms with Crippen molar-refractivity contribution >= 4 is 11.6 Å². The minimum atomic E-state index is -0.0572. The maximum atomic E-state index is 5.96. The first-order valence-corrected chi connectivity index (χ1v) is 6.78. The summed E-state index contributed by atoms with van der Waals surface area (Å²) in [5.41, 5.74) is 7.89. The quantitative estimate of drug-likeness (QED) is 0.845. The molecule has 0 aliphatic rings. The number of benzene rings is 1. The van der Waals surface area contributed by atoms with Crippen LogP contribution in [-0.2, 0) is 0 Å². The fourth-order valence-corrected chi connectivity index (χ4v) is 1.82. The molecule has 0 amide bonds. The molecule has 5 nitrogen and oxygen atoms in total. The molecular formula is C15H20N4O. The number of nitrogens with zero attached hydrogens (tertiary/aromatic N) is 2. The number of aromatic nitrogens is 2. The van der Waals surface area contributed by atoms with Crippen molar-refractivity contribution in [2.45, 2.75) is 26.3 Å². The number of nitrogens with two attached hydrogens (primary N) is 1.